The number of benzene rings is 1. The third-order valence-electron chi connectivity index (χ3n) is 4.19. The molecule has 23 heavy (non-hydrogen) atoms. The smallest absolute Gasteiger partial charge is 0.254 e. The van der Waals surface area contributed by atoms with Crippen molar-refractivity contribution < 1.29 is 9.53 Å². The molecule has 1 heterocycles. The third kappa shape index (κ3) is 4.34. The molecule has 0 unspecified atom stereocenters. The van der Waals surface area contributed by atoms with Crippen molar-refractivity contribution in [3.05, 3.63) is 47.8 Å². The van der Waals surface area contributed by atoms with Crippen LogP contribution in [0.3, 0.4) is 0 Å². The maximum absolute atomic E-state index is 11.9. The monoisotopic (exact) mass is 313 g/mol. The molecule has 1 aliphatic rings. The van der Waals surface area contributed by atoms with Gasteiger partial charge in [-0.25, -0.2) is 0 Å². The molecule has 0 saturated heterocycles. The summed E-state index contributed by atoms with van der Waals surface area (Å²) in [5, 5.41) is 6.91. The van der Waals surface area contributed by atoms with Crippen molar-refractivity contribution in [2.24, 2.45) is 7.05 Å². The number of ether oxygens (including phenoxy) is 1. The summed E-state index contributed by atoms with van der Waals surface area (Å²) in [5.41, 5.74) is 1.78. The maximum atomic E-state index is 11.9. The molecule has 5 nitrogen and oxygen atoms in total. The number of aryl methyl sites for hydroxylation is 1. The highest BCUT2D eigenvalue weighted by molar-refractivity contribution is 5.93. The molecule has 1 aromatic carbocycles. The van der Waals surface area contributed by atoms with Crippen LogP contribution in [-0.4, -0.2) is 28.3 Å². The Morgan fingerprint density at radius 2 is 2.04 bits per heavy atom. The molecular weight excluding hydrogens is 290 g/mol. The molecule has 0 spiro atoms. The highest BCUT2D eigenvalue weighted by Crippen LogP contribution is 2.24. The molecule has 0 aliphatic heterocycles. The van der Waals surface area contributed by atoms with Crippen LogP contribution in [0.4, 0.5) is 0 Å². The average Bonchev–Trinajstić information content (AvgIpc) is 3.20. The number of aromatic nitrogens is 2. The Balaban J connectivity index is 1.44. The normalized spacial score (nSPS) is 14.8. The lowest BCUT2D eigenvalue weighted by Crippen LogP contribution is -2.25. The minimum atomic E-state index is -0.0840. The summed E-state index contributed by atoms with van der Waals surface area (Å²) in [6.07, 6.45) is 9.37. The van der Waals surface area contributed by atoms with Crippen molar-refractivity contribution in [2.75, 3.05) is 6.54 Å². The fourth-order valence-corrected chi connectivity index (χ4v) is 2.89. The summed E-state index contributed by atoms with van der Waals surface area (Å²) >= 11 is 0. The second-order valence-electron chi connectivity index (χ2n) is 6.08. The van der Waals surface area contributed by atoms with Crippen molar-refractivity contribution in [3.63, 3.8) is 0 Å². The average molecular weight is 313 g/mol. The summed E-state index contributed by atoms with van der Waals surface area (Å²) in [4.78, 5) is 11.9. The SMILES string of the molecule is Cn1cc(C(=O)NCCc2ccc(OC3CCCC3)cc2)cn1. The highest BCUT2D eigenvalue weighted by Gasteiger charge is 2.16. The summed E-state index contributed by atoms with van der Waals surface area (Å²) < 4.78 is 7.58. The van der Waals surface area contributed by atoms with Crippen LogP contribution in [0.5, 0.6) is 5.75 Å². The molecule has 1 fully saturated rings. The second-order valence-corrected chi connectivity index (χ2v) is 6.08. The van der Waals surface area contributed by atoms with Gasteiger partial charge in [-0.05, 0) is 49.8 Å². The Morgan fingerprint density at radius 1 is 1.30 bits per heavy atom. The van der Waals surface area contributed by atoms with Crippen LogP contribution in [0, 0.1) is 0 Å². The van der Waals surface area contributed by atoms with E-state index in [4.69, 9.17) is 4.74 Å². The van der Waals surface area contributed by atoms with Crippen molar-refractivity contribution in [1.29, 1.82) is 0 Å². The zero-order valence-electron chi connectivity index (χ0n) is 13.5. The van der Waals surface area contributed by atoms with Crippen molar-refractivity contribution in [3.8, 4) is 5.75 Å². The number of rotatable bonds is 6. The largest absolute Gasteiger partial charge is 0.490 e. The molecule has 0 bridgehead atoms. The standard InChI is InChI=1S/C18H23N3O2/c1-21-13-15(12-20-21)18(22)19-11-10-14-6-8-17(9-7-14)23-16-4-2-3-5-16/h6-9,12-13,16H,2-5,10-11H2,1H3,(H,19,22). The van der Waals surface area contributed by atoms with Crippen LogP contribution in [0.15, 0.2) is 36.7 Å². The van der Waals surface area contributed by atoms with Gasteiger partial charge in [-0.3, -0.25) is 9.48 Å². The lowest BCUT2D eigenvalue weighted by molar-refractivity contribution is 0.0954. The van der Waals surface area contributed by atoms with Crippen LogP contribution in [0.1, 0.15) is 41.6 Å². The van der Waals surface area contributed by atoms with E-state index in [0.29, 0.717) is 18.2 Å². The Morgan fingerprint density at radius 3 is 2.70 bits per heavy atom. The first-order chi connectivity index (χ1) is 11.2. The van der Waals surface area contributed by atoms with E-state index >= 15 is 0 Å². The molecule has 2 aromatic rings. The minimum absolute atomic E-state index is 0.0840. The fourth-order valence-electron chi connectivity index (χ4n) is 2.89. The summed E-state index contributed by atoms with van der Waals surface area (Å²) in [6, 6.07) is 8.19. The predicted octanol–water partition coefficient (Wildman–Crippen LogP) is 2.71. The van der Waals surface area contributed by atoms with Gasteiger partial charge >= 0.3 is 0 Å². The number of nitrogens with one attached hydrogen (secondary N) is 1. The number of carbonyl (C=O) groups is 1. The first-order valence-electron chi connectivity index (χ1n) is 8.23. The number of hydrogen-bond donors (Lipinski definition) is 1. The van der Waals surface area contributed by atoms with Gasteiger partial charge in [0.15, 0.2) is 0 Å². The van der Waals surface area contributed by atoms with Gasteiger partial charge in [0, 0.05) is 19.8 Å². The quantitative estimate of drug-likeness (QED) is 0.892. The van der Waals surface area contributed by atoms with Gasteiger partial charge in [0.1, 0.15) is 5.75 Å². The van der Waals surface area contributed by atoms with E-state index in [0.717, 1.165) is 12.2 Å². The summed E-state index contributed by atoms with van der Waals surface area (Å²) in [5.74, 6) is 0.860. The van der Waals surface area contributed by atoms with E-state index in [1.54, 1.807) is 24.1 Å². The Hall–Kier alpha value is -2.30. The van der Waals surface area contributed by atoms with Gasteiger partial charge in [-0.2, -0.15) is 5.10 Å². The molecule has 1 aliphatic carbocycles. The van der Waals surface area contributed by atoms with Crippen molar-refractivity contribution in [2.45, 2.75) is 38.2 Å². The van der Waals surface area contributed by atoms with Gasteiger partial charge < -0.3 is 10.1 Å². The van der Waals surface area contributed by atoms with E-state index in [1.807, 2.05) is 12.1 Å². The summed E-state index contributed by atoms with van der Waals surface area (Å²) in [6.45, 7) is 0.608. The van der Waals surface area contributed by atoms with Gasteiger partial charge in [-0.1, -0.05) is 12.1 Å². The van der Waals surface area contributed by atoms with Crippen LogP contribution in [-0.2, 0) is 13.5 Å². The predicted molar refractivity (Wildman–Crippen MR) is 88.6 cm³/mol. The van der Waals surface area contributed by atoms with Crippen LogP contribution >= 0.6 is 0 Å². The molecule has 1 saturated carbocycles. The van der Waals surface area contributed by atoms with Gasteiger partial charge in [0.25, 0.3) is 5.91 Å². The lowest BCUT2D eigenvalue weighted by atomic mass is 10.1. The van der Waals surface area contributed by atoms with Crippen LogP contribution < -0.4 is 10.1 Å². The van der Waals surface area contributed by atoms with E-state index < -0.39 is 0 Å². The Labute approximate surface area is 136 Å². The first-order valence-corrected chi connectivity index (χ1v) is 8.23. The zero-order valence-corrected chi connectivity index (χ0v) is 13.5. The second kappa shape index (κ2) is 7.31. The highest BCUT2D eigenvalue weighted by atomic mass is 16.5. The maximum Gasteiger partial charge on any atom is 0.254 e. The molecule has 3 rings (SSSR count). The molecule has 1 N–H and O–H groups in total. The van der Waals surface area contributed by atoms with E-state index in [2.05, 4.69) is 22.5 Å². The van der Waals surface area contributed by atoms with Crippen LogP contribution in [0.2, 0.25) is 0 Å². The molecule has 0 radical (unpaired) electrons. The number of hydrogen-bond acceptors (Lipinski definition) is 3. The van der Waals surface area contributed by atoms with E-state index in [9.17, 15) is 4.79 Å². The Bertz CT molecular complexity index is 643. The lowest BCUT2D eigenvalue weighted by Gasteiger charge is -2.13. The summed E-state index contributed by atoms with van der Waals surface area (Å²) in [7, 11) is 1.80. The topological polar surface area (TPSA) is 56.2 Å². The van der Waals surface area contributed by atoms with Crippen LogP contribution in [0.25, 0.3) is 0 Å². The minimum Gasteiger partial charge on any atom is -0.490 e. The molecule has 0 atom stereocenters. The number of carbonyl (C=O) groups excluding carboxylic acids is 1. The third-order valence-corrected chi connectivity index (χ3v) is 4.19. The molecular formula is C18H23N3O2. The molecule has 122 valence electrons. The Kier molecular flexibility index (Phi) is 4.95. The number of amides is 1. The van der Waals surface area contributed by atoms with E-state index in [1.165, 1.54) is 31.2 Å². The molecule has 1 aromatic heterocycles. The van der Waals surface area contributed by atoms with Gasteiger partial charge in [0.05, 0.1) is 17.9 Å². The van der Waals surface area contributed by atoms with Crippen molar-refractivity contribution >= 4 is 5.91 Å². The van der Waals surface area contributed by atoms with E-state index in [-0.39, 0.29) is 5.91 Å². The van der Waals surface area contributed by atoms with Crippen molar-refractivity contribution in [1.82, 2.24) is 15.1 Å². The molecule has 1 amide bonds. The molecule has 5 heteroatoms. The van der Waals surface area contributed by atoms with Gasteiger partial charge in [-0.15, -0.1) is 0 Å². The van der Waals surface area contributed by atoms with Gasteiger partial charge in [0.2, 0.25) is 0 Å². The fraction of sp³-hybridized carbons (Fsp3) is 0.444. The number of nitrogens with zero attached hydrogens (tertiary/aromatic N) is 2. The first kappa shape index (κ1) is 15.6. The zero-order chi connectivity index (χ0) is 16.1.